The molecule has 0 bridgehead atoms. The molecule has 0 atom stereocenters. The summed E-state index contributed by atoms with van der Waals surface area (Å²) >= 11 is 0. The van der Waals surface area contributed by atoms with Crippen LogP contribution in [0, 0.1) is 5.82 Å². The van der Waals surface area contributed by atoms with E-state index in [0.29, 0.717) is 5.69 Å². The van der Waals surface area contributed by atoms with E-state index in [1.807, 2.05) is 52.0 Å². The summed E-state index contributed by atoms with van der Waals surface area (Å²) in [6.07, 6.45) is 1.71. The van der Waals surface area contributed by atoms with Gasteiger partial charge < -0.3 is 9.31 Å². The Labute approximate surface area is 142 Å². The lowest BCUT2D eigenvalue weighted by molar-refractivity contribution is 0.00578. The molecule has 0 unspecified atom stereocenters. The number of halogens is 1. The van der Waals surface area contributed by atoms with Crippen LogP contribution in [0.3, 0.4) is 0 Å². The third-order valence-corrected chi connectivity index (χ3v) is 4.63. The first-order chi connectivity index (χ1) is 11.3. The zero-order valence-corrected chi connectivity index (χ0v) is 14.4. The summed E-state index contributed by atoms with van der Waals surface area (Å²) in [5.41, 5.74) is 1.78. The Morgan fingerprint density at radius 1 is 0.958 bits per heavy atom. The number of benzene rings is 2. The minimum atomic E-state index is -0.371. The average Bonchev–Trinajstić information content (AvgIpc) is 2.74. The van der Waals surface area contributed by atoms with E-state index in [-0.39, 0.29) is 24.1 Å². The molecule has 0 saturated carbocycles. The summed E-state index contributed by atoms with van der Waals surface area (Å²) in [7, 11) is -0.371. The monoisotopic (exact) mass is 325 g/mol. The molecule has 0 aromatic heterocycles. The van der Waals surface area contributed by atoms with Gasteiger partial charge in [0, 0.05) is 6.21 Å². The van der Waals surface area contributed by atoms with Crippen LogP contribution in [0.25, 0.3) is 0 Å². The highest BCUT2D eigenvalue weighted by Crippen LogP contribution is 2.36. The number of aliphatic imine (C=N–C) groups is 1. The normalized spacial score (nSPS) is 19.1. The van der Waals surface area contributed by atoms with Crippen molar-refractivity contribution in [3.8, 4) is 0 Å². The lowest BCUT2D eigenvalue weighted by Gasteiger charge is -2.32. The molecule has 1 heterocycles. The summed E-state index contributed by atoms with van der Waals surface area (Å²) in [6, 6.07) is 14.0. The molecule has 0 amide bonds. The summed E-state index contributed by atoms with van der Waals surface area (Å²) in [5.74, 6) is -0.291. The van der Waals surface area contributed by atoms with Crippen molar-refractivity contribution in [2.45, 2.75) is 38.9 Å². The molecule has 1 fully saturated rings. The van der Waals surface area contributed by atoms with E-state index in [1.54, 1.807) is 18.3 Å². The Hall–Kier alpha value is -1.98. The molecule has 0 aliphatic carbocycles. The van der Waals surface area contributed by atoms with Crippen molar-refractivity contribution in [3.63, 3.8) is 0 Å². The first-order valence-corrected chi connectivity index (χ1v) is 8.02. The van der Waals surface area contributed by atoms with E-state index in [0.717, 1.165) is 11.0 Å². The van der Waals surface area contributed by atoms with Gasteiger partial charge in [0.2, 0.25) is 0 Å². The highest BCUT2D eigenvalue weighted by molar-refractivity contribution is 6.62. The van der Waals surface area contributed by atoms with Crippen LogP contribution in [0.1, 0.15) is 33.3 Å². The number of rotatable bonds is 3. The maximum Gasteiger partial charge on any atom is 0.494 e. The van der Waals surface area contributed by atoms with Gasteiger partial charge in [-0.15, -0.1) is 0 Å². The van der Waals surface area contributed by atoms with Gasteiger partial charge in [-0.2, -0.15) is 0 Å². The summed E-state index contributed by atoms with van der Waals surface area (Å²) in [4.78, 5) is 4.28. The van der Waals surface area contributed by atoms with Gasteiger partial charge in [0.25, 0.3) is 0 Å². The van der Waals surface area contributed by atoms with Gasteiger partial charge in [0.15, 0.2) is 0 Å². The first kappa shape index (κ1) is 16.9. The van der Waals surface area contributed by atoms with E-state index < -0.39 is 0 Å². The number of hydrogen-bond donors (Lipinski definition) is 0. The molecular formula is C19H21BFNO2. The molecule has 3 rings (SSSR count). The zero-order chi connectivity index (χ0) is 17.4. The summed E-state index contributed by atoms with van der Waals surface area (Å²) < 4.78 is 25.2. The van der Waals surface area contributed by atoms with E-state index in [1.165, 1.54) is 12.1 Å². The molecule has 24 heavy (non-hydrogen) atoms. The van der Waals surface area contributed by atoms with Gasteiger partial charge in [-0.1, -0.05) is 30.3 Å². The second kappa shape index (κ2) is 6.15. The molecule has 2 aromatic rings. The molecule has 124 valence electrons. The molecular weight excluding hydrogens is 304 g/mol. The molecule has 2 aromatic carbocycles. The van der Waals surface area contributed by atoms with Crippen LogP contribution < -0.4 is 5.46 Å². The minimum Gasteiger partial charge on any atom is -0.399 e. The van der Waals surface area contributed by atoms with Crippen molar-refractivity contribution in [1.82, 2.24) is 0 Å². The predicted molar refractivity (Wildman–Crippen MR) is 95.8 cm³/mol. The van der Waals surface area contributed by atoms with Crippen LogP contribution in [0.4, 0.5) is 10.1 Å². The van der Waals surface area contributed by atoms with Crippen molar-refractivity contribution in [2.75, 3.05) is 0 Å². The van der Waals surface area contributed by atoms with Gasteiger partial charge >= 0.3 is 7.12 Å². The van der Waals surface area contributed by atoms with Crippen LogP contribution in [0.5, 0.6) is 0 Å². The van der Waals surface area contributed by atoms with Crippen LogP contribution in [-0.4, -0.2) is 24.5 Å². The maximum atomic E-state index is 13.1. The largest absolute Gasteiger partial charge is 0.494 e. The Morgan fingerprint density at radius 2 is 1.58 bits per heavy atom. The quantitative estimate of drug-likeness (QED) is 0.633. The fraction of sp³-hybridized carbons (Fsp3) is 0.316. The van der Waals surface area contributed by atoms with Crippen molar-refractivity contribution in [2.24, 2.45) is 4.99 Å². The molecule has 0 spiro atoms. The van der Waals surface area contributed by atoms with Crippen molar-refractivity contribution >= 4 is 24.5 Å². The predicted octanol–water partition coefficient (Wildman–Crippen LogP) is 3.88. The lowest BCUT2D eigenvalue weighted by atomic mass is 9.79. The second-order valence-corrected chi connectivity index (χ2v) is 6.99. The Bertz CT molecular complexity index is 740. The van der Waals surface area contributed by atoms with Gasteiger partial charge in [0.1, 0.15) is 5.82 Å². The molecule has 1 saturated heterocycles. The maximum absolute atomic E-state index is 13.1. The topological polar surface area (TPSA) is 30.8 Å². The number of nitrogens with zero attached hydrogens (tertiary/aromatic N) is 1. The third-order valence-electron chi connectivity index (χ3n) is 4.63. The van der Waals surface area contributed by atoms with Crippen LogP contribution in [0.2, 0.25) is 0 Å². The van der Waals surface area contributed by atoms with E-state index in [4.69, 9.17) is 9.31 Å². The lowest BCUT2D eigenvalue weighted by Crippen LogP contribution is -2.41. The zero-order valence-electron chi connectivity index (χ0n) is 14.4. The summed E-state index contributed by atoms with van der Waals surface area (Å²) in [5, 5.41) is 0. The standard InChI is InChI=1S/C19H21BFNO2/c1-18(2)19(3,4)24-20(23-18)15-10-8-14(9-11-15)13-22-17-7-5-6-16(21)12-17/h5-13H,1-4H3. The highest BCUT2D eigenvalue weighted by atomic mass is 19.1. The Kier molecular flexibility index (Phi) is 4.32. The SMILES string of the molecule is CC1(C)OB(c2ccc(C=Nc3cccc(F)c3)cc2)OC1(C)C. The molecule has 1 aliphatic heterocycles. The van der Waals surface area contributed by atoms with Crippen LogP contribution in [0.15, 0.2) is 53.5 Å². The van der Waals surface area contributed by atoms with Gasteiger partial charge in [-0.25, -0.2) is 4.39 Å². The van der Waals surface area contributed by atoms with Crippen molar-refractivity contribution in [1.29, 1.82) is 0 Å². The minimum absolute atomic E-state index is 0.291. The van der Waals surface area contributed by atoms with Crippen LogP contribution >= 0.6 is 0 Å². The van der Waals surface area contributed by atoms with E-state index >= 15 is 0 Å². The Balaban J connectivity index is 1.72. The smallest absolute Gasteiger partial charge is 0.399 e. The van der Waals surface area contributed by atoms with Crippen molar-refractivity contribution in [3.05, 3.63) is 59.9 Å². The highest BCUT2D eigenvalue weighted by Gasteiger charge is 2.51. The molecule has 0 N–H and O–H groups in total. The second-order valence-electron chi connectivity index (χ2n) is 6.99. The molecule has 3 nitrogen and oxygen atoms in total. The van der Waals surface area contributed by atoms with Gasteiger partial charge in [-0.05, 0) is 56.9 Å². The fourth-order valence-corrected chi connectivity index (χ4v) is 2.42. The Morgan fingerprint density at radius 3 is 2.17 bits per heavy atom. The van der Waals surface area contributed by atoms with Gasteiger partial charge in [0.05, 0.1) is 16.9 Å². The molecule has 1 aliphatic rings. The first-order valence-electron chi connectivity index (χ1n) is 8.02. The average molecular weight is 325 g/mol. The van der Waals surface area contributed by atoms with Crippen molar-refractivity contribution < 1.29 is 13.7 Å². The van der Waals surface area contributed by atoms with Crippen LogP contribution in [-0.2, 0) is 9.31 Å². The molecule has 5 heteroatoms. The fourth-order valence-electron chi connectivity index (χ4n) is 2.42. The number of hydrogen-bond acceptors (Lipinski definition) is 3. The van der Waals surface area contributed by atoms with Gasteiger partial charge in [-0.3, -0.25) is 4.99 Å². The van der Waals surface area contributed by atoms with E-state index in [2.05, 4.69) is 4.99 Å². The third kappa shape index (κ3) is 3.42. The summed E-state index contributed by atoms with van der Waals surface area (Å²) in [6.45, 7) is 8.14. The molecule has 0 radical (unpaired) electrons. The van der Waals surface area contributed by atoms with E-state index in [9.17, 15) is 4.39 Å².